The van der Waals surface area contributed by atoms with Gasteiger partial charge in [-0.15, -0.1) is 0 Å². The summed E-state index contributed by atoms with van der Waals surface area (Å²) in [7, 11) is 0. The lowest BCUT2D eigenvalue weighted by Crippen LogP contribution is -2.20. The van der Waals surface area contributed by atoms with Crippen molar-refractivity contribution in [2.24, 2.45) is 11.7 Å². The van der Waals surface area contributed by atoms with Gasteiger partial charge in [0.25, 0.3) is 0 Å². The molecule has 0 aliphatic carbocycles. The SMILES string of the molecule is CCCCCCCCC=CCCCCCC(C)C(CC(C)=O)SCCC(N)=O. The van der Waals surface area contributed by atoms with Gasteiger partial charge in [0, 0.05) is 23.8 Å². The maximum absolute atomic E-state index is 11.5. The average molecular weight is 412 g/mol. The predicted octanol–water partition coefficient (Wildman–Crippen LogP) is 6.84. The molecule has 0 aromatic carbocycles. The number of rotatable bonds is 20. The van der Waals surface area contributed by atoms with Crippen LogP contribution in [0.5, 0.6) is 0 Å². The summed E-state index contributed by atoms with van der Waals surface area (Å²) in [6, 6.07) is 0. The second kappa shape index (κ2) is 19.5. The molecule has 0 rings (SSSR count). The molecule has 1 amide bonds. The van der Waals surface area contributed by atoms with Crippen molar-refractivity contribution in [2.75, 3.05) is 5.75 Å². The maximum atomic E-state index is 11.5. The summed E-state index contributed by atoms with van der Waals surface area (Å²) in [4.78, 5) is 22.4. The number of carbonyl (C=O) groups is 2. The summed E-state index contributed by atoms with van der Waals surface area (Å²) in [5.41, 5.74) is 5.22. The van der Waals surface area contributed by atoms with E-state index in [0.717, 1.165) is 12.2 Å². The van der Waals surface area contributed by atoms with Crippen molar-refractivity contribution in [3.8, 4) is 0 Å². The smallest absolute Gasteiger partial charge is 0.218 e. The van der Waals surface area contributed by atoms with Gasteiger partial charge in [0.15, 0.2) is 0 Å². The molecule has 4 heteroatoms. The number of unbranched alkanes of at least 4 members (excludes halogenated alkanes) is 9. The number of thioether (sulfide) groups is 1. The fraction of sp³-hybridized carbons (Fsp3) is 0.833. The van der Waals surface area contributed by atoms with Crippen molar-refractivity contribution < 1.29 is 9.59 Å². The third-order valence-electron chi connectivity index (χ3n) is 5.22. The molecular formula is C24H45NO2S. The largest absolute Gasteiger partial charge is 0.370 e. The summed E-state index contributed by atoms with van der Waals surface area (Å²) >= 11 is 1.74. The van der Waals surface area contributed by atoms with Gasteiger partial charge >= 0.3 is 0 Å². The molecular weight excluding hydrogens is 366 g/mol. The zero-order valence-electron chi connectivity index (χ0n) is 18.7. The second-order valence-electron chi connectivity index (χ2n) is 8.17. The lowest BCUT2D eigenvalue weighted by atomic mass is 9.96. The normalized spacial score (nSPS) is 13.7. The Hall–Kier alpha value is -0.770. The Kier molecular flexibility index (Phi) is 19.0. The minimum Gasteiger partial charge on any atom is -0.370 e. The molecule has 2 atom stereocenters. The zero-order chi connectivity index (χ0) is 21.0. The van der Waals surface area contributed by atoms with Crippen LogP contribution in [0.3, 0.4) is 0 Å². The third kappa shape index (κ3) is 18.6. The highest BCUT2D eigenvalue weighted by Gasteiger charge is 2.19. The number of hydrogen-bond acceptors (Lipinski definition) is 3. The highest BCUT2D eigenvalue weighted by Crippen LogP contribution is 2.28. The molecule has 0 aliphatic rings. The van der Waals surface area contributed by atoms with Crippen molar-refractivity contribution in [3.05, 3.63) is 12.2 Å². The van der Waals surface area contributed by atoms with E-state index in [9.17, 15) is 9.59 Å². The fourth-order valence-corrected chi connectivity index (χ4v) is 4.83. The van der Waals surface area contributed by atoms with Crippen molar-refractivity contribution in [2.45, 2.75) is 116 Å². The highest BCUT2D eigenvalue weighted by atomic mass is 32.2. The van der Waals surface area contributed by atoms with Gasteiger partial charge in [-0.1, -0.05) is 70.9 Å². The highest BCUT2D eigenvalue weighted by molar-refractivity contribution is 7.99. The van der Waals surface area contributed by atoms with Crippen LogP contribution in [0, 0.1) is 5.92 Å². The Balaban J connectivity index is 3.75. The number of allylic oxidation sites excluding steroid dienone is 2. The average Bonchev–Trinajstić information content (AvgIpc) is 2.64. The Morgan fingerprint density at radius 3 is 2.07 bits per heavy atom. The van der Waals surface area contributed by atoms with E-state index in [1.54, 1.807) is 18.7 Å². The molecule has 0 bridgehead atoms. The van der Waals surface area contributed by atoms with E-state index in [1.165, 1.54) is 70.6 Å². The molecule has 0 saturated heterocycles. The third-order valence-corrected chi connectivity index (χ3v) is 6.72. The van der Waals surface area contributed by atoms with Crippen molar-refractivity contribution in [3.63, 3.8) is 0 Å². The predicted molar refractivity (Wildman–Crippen MR) is 125 cm³/mol. The summed E-state index contributed by atoms with van der Waals surface area (Å²) in [6.07, 6.45) is 21.2. The van der Waals surface area contributed by atoms with E-state index in [1.807, 2.05) is 0 Å². The number of primary amides is 1. The van der Waals surface area contributed by atoms with Gasteiger partial charge in [0.2, 0.25) is 5.91 Å². The minimum atomic E-state index is -0.258. The molecule has 0 aromatic rings. The molecule has 0 aliphatic heterocycles. The van der Waals surface area contributed by atoms with Gasteiger partial charge in [0.1, 0.15) is 5.78 Å². The van der Waals surface area contributed by atoms with Crippen LogP contribution in [-0.2, 0) is 9.59 Å². The van der Waals surface area contributed by atoms with Crippen molar-refractivity contribution >= 4 is 23.5 Å². The van der Waals surface area contributed by atoms with Crippen LogP contribution in [0.2, 0.25) is 0 Å². The monoisotopic (exact) mass is 411 g/mol. The van der Waals surface area contributed by atoms with E-state index in [4.69, 9.17) is 5.73 Å². The molecule has 164 valence electrons. The van der Waals surface area contributed by atoms with Gasteiger partial charge < -0.3 is 5.73 Å². The number of hydrogen-bond donors (Lipinski definition) is 1. The Labute approximate surface area is 178 Å². The maximum Gasteiger partial charge on any atom is 0.218 e. The van der Waals surface area contributed by atoms with Crippen LogP contribution in [0.15, 0.2) is 12.2 Å². The molecule has 0 spiro atoms. The van der Waals surface area contributed by atoms with E-state index < -0.39 is 0 Å². The first-order valence-electron chi connectivity index (χ1n) is 11.5. The van der Waals surface area contributed by atoms with Crippen LogP contribution in [-0.4, -0.2) is 22.7 Å². The molecule has 2 N–H and O–H groups in total. The molecule has 28 heavy (non-hydrogen) atoms. The second-order valence-corrected chi connectivity index (χ2v) is 9.52. The number of Topliss-reactive ketones (excluding diaryl/α,β-unsaturated/α-hetero) is 1. The number of amides is 1. The molecule has 0 heterocycles. The van der Waals surface area contributed by atoms with E-state index in [2.05, 4.69) is 26.0 Å². The molecule has 0 radical (unpaired) electrons. The number of ketones is 1. The summed E-state index contributed by atoms with van der Waals surface area (Å²) in [5, 5.41) is 0.314. The standard InChI is InChI=1S/C24H45NO2S/c1-4-5-6-7-8-9-10-11-12-13-14-15-16-17-21(2)23(20-22(3)26)28-19-18-24(25)27/h11-12,21,23H,4-10,13-20H2,1-3H3,(H2,25,27). The van der Waals surface area contributed by atoms with E-state index >= 15 is 0 Å². The van der Waals surface area contributed by atoms with Gasteiger partial charge in [-0.2, -0.15) is 11.8 Å². The number of carbonyl (C=O) groups excluding carboxylic acids is 2. The lowest BCUT2D eigenvalue weighted by molar-refractivity contribution is -0.118. The first kappa shape index (κ1) is 27.2. The van der Waals surface area contributed by atoms with Crippen LogP contribution in [0.25, 0.3) is 0 Å². The van der Waals surface area contributed by atoms with Crippen LogP contribution < -0.4 is 5.73 Å². The summed E-state index contributed by atoms with van der Waals surface area (Å²) in [6.45, 7) is 6.16. The Bertz CT molecular complexity index is 423. The number of nitrogens with two attached hydrogens (primary N) is 1. The van der Waals surface area contributed by atoms with E-state index in [0.29, 0.717) is 24.0 Å². The Morgan fingerprint density at radius 1 is 0.929 bits per heavy atom. The first-order chi connectivity index (χ1) is 13.5. The van der Waals surface area contributed by atoms with Crippen molar-refractivity contribution in [1.82, 2.24) is 0 Å². The van der Waals surface area contributed by atoms with Gasteiger partial charge in [-0.05, 0) is 44.9 Å². The Morgan fingerprint density at radius 2 is 1.50 bits per heavy atom. The molecule has 3 nitrogen and oxygen atoms in total. The van der Waals surface area contributed by atoms with Crippen LogP contribution >= 0.6 is 11.8 Å². The molecule has 0 fully saturated rings. The first-order valence-corrected chi connectivity index (χ1v) is 12.6. The molecule has 0 aromatic heterocycles. The van der Waals surface area contributed by atoms with Crippen molar-refractivity contribution in [1.29, 1.82) is 0 Å². The molecule has 2 unspecified atom stereocenters. The van der Waals surface area contributed by atoms with Gasteiger partial charge in [0.05, 0.1) is 0 Å². The minimum absolute atomic E-state index is 0.235. The van der Waals surface area contributed by atoms with E-state index in [-0.39, 0.29) is 11.7 Å². The topological polar surface area (TPSA) is 60.2 Å². The molecule has 0 saturated carbocycles. The van der Waals surface area contributed by atoms with Crippen LogP contribution in [0.1, 0.15) is 111 Å². The fourth-order valence-electron chi connectivity index (χ4n) is 3.39. The van der Waals surface area contributed by atoms with Gasteiger partial charge in [-0.3, -0.25) is 9.59 Å². The summed E-state index contributed by atoms with van der Waals surface area (Å²) < 4.78 is 0. The quantitative estimate of drug-likeness (QED) is 0.176. The zero-order valence-corrected chi connectivity index (χ0v) is 19.5. The lowest BCUT2D eigenvalue weighted by Gasteiger charge is -2.22. The van der Waals surface area contributed by atoms with Crippen LogP contribution in [0.4, 0.5) is 0 Å². The summed E-state index contributed by atoms with van der Waals surface area (Å²) in [5.74, 6) is 1.20. The van der Waals surface area contributed by atoms with Gasteiger partial charge in [-0.25, -0.2) is 0 Å².